The maximum Gasteiger partial charge on any atom is 0.265 e. The quantitative estimate of drug-likeness (QED) is 0.476. The second kappa shape index (κ2) is 11.2. The van der Waals surface area contributed by atoms with Crippen molar-refractivity contribution < 1.29 is 33.0 Å². The van der Waals surface area contributed by atoms with Gasteiger partial charge in [0.05, 0.1) is 24.3 Å². The molecule has 0 spiro atoms. The number of nitrogens with zero attached hydrogens (tertiary/aromatic N) is 3. The number of halogens is 1. The first kappa shape index (κ1) is 29.8. The summed E-state index contributed by atoms with van der Waals surface area (Å²) in [5.41, 5.74) is 0.0342. The van der Waals surface area contributed by atoms with Crippen molar-refractivity contribution in [3.8, 4) is 11.8 Å². The lowest BCUT2D eigenvalue weighted by atomic mass is 9.96. The molecule has 3 heterocycles. The Hall–Kier alpha value is -3.72. The molecular formula is C30H38FN5O6. The molecule has 1 saturated carbocycles. The van der Waals surface area contributed by atoms with Crippen molar-refractivity contribution >= 4 is 29.3 Å². The van der Waals surface area contributed by atoms with Gasteiger partial charge in [-0.05, 0) is 41.7 Å². The van der Waals surface area contributed by atoms with E-state index in [-0.39, 0.29) is 58.8 Å². The molecule has 1 aliphatic carbocycles. The zero-order valence-electron chi connectivity index (χ0n) is 24.6. The molecule has 42 heavy (non-hydrogen) atoms. The maximum atomic E-state index is 14.1. The summed E-state index contributed by atoms with van der Waals surface area (Å²) in [5, 5.41) is 15.5. The minimum Gasteiger partial charge on any atom is -0.478 e. The third-order valence-electron chi connectivity index (χ3n) is 9.44. The van der Waals surface area contributed by atoms with Gasteiger partial charge in [-0.2, -0.15) is 5.26 Å². The number of hydrogen-bond acceptors (Lipinski definition) is 7. The molecule has 1 aromatic carbocycles. The predicted octanol–water partition coefficient (Wildman–Crippen LogP) is 1.93. The number of likely N-dealkylation sites (N-methyl/N-ethyl adjacent to an activating group) is 1. The van der Waals surface area contributed by atoms with Crippen LogP contribution in [-0.2, 0) is 23.9 Å². The van der Waals surface area contributed by atoms with Gasteiger partial charge in [-0.25, -0.2) is 4.39 Å². The smallest absolute Gasteiger partial charge is 0.265 e. The molecule has 0 bridgehead atoms. The number of ether oxygens (including phenoxy) is 2. The highest BCUT2D eigenvalue weighted by atomic mass is 19.1. The number of anilines is 1. The second-order valence-electron chi connectivity index (χ2n) is 12.7. The fraction of sp³-hybridized carbons (Fsp3) is 0.633. The van der Waals surface area contributed by atoms with Gasteiger partial charge in [-0.3, -0.25) is 19.2 Å². The fourth-order valence-electron chi connectivity index (χ4n) is 6.64. The van der Waals surface area contributed by atoms with E-state index in [0.717, 1.165) is 6.07 Å². The number of carbonyl (C=O) groups excluding carboxylic acids is 4. The van der Waals surface area contributed by atoms with E-state index in [9.17, 15) is 28.8 Å². The van der Waals surface area contributed by atoms with Crippen LogP contribution < -0.4 is 15.4 Å². The molecule has 11 nitrogen and oxygen atoms in total. The predicted molar refractivity (Wildman–Crippen MR) is 148 cm³/mol. The molecule has 5 rings (SSSR count). The lowest BCUT2D eigenvalue weighted by Gasteiger charge is -2.37. The van der Waals surface area contributed by atoms with Gasteiger partial charge in [0.2, 0.25) is 17.7 Å². The summed E-state index contributed by atoms with van der Waals surface area (Å²) in [4.78, 5) is 56.4. The Labute approximate surface area is 244 Å². The number of benzene rings is 1. The summed E-state index contributed by atoms with van der Waals surface area (Å²) in [7, 11) is 1.49. The van der Waals surface area contributed by atoms with Crippen LogP contribution in [-0.4, -0.2) is 84.5 Å². The number of carbonyl (C=O) groups is 4. The highest BCUT2D eigenvalue weighted by molar-refractivity contribution is 5.98. The number of likely N-dealkylation sites (tertiary alicyclic amines) is 1. The number of piperidine rings is 1. The van der Waals surface area contributed by atoms with E-state index in [4.69, 9.17) is 9.47 Å². The van der Waals surface area contributed by atoms with Crippen LogP contribution in [0.3, 0.4) is 0 Å². The van der Waals surface area contributed by atoms with E-state index in [1.54, 1.807) is 4.90 Å². The molecule has 3 aliphatic heterocycles. The minimum atomic E-state index is -1.07. The molecular weight excluding hydrogens is 545 g/mol. The minimum absolute atomic E-state index is 0.0986. The Kier molecular flexibility index (Phi) is 7.91. The first-order chi connectivity index (χ1) is 19.8. The van der Waals surface area contributed by atoms with Gasteiger partial charge in [0.15, 0.2) is 6.10 Å². The van der Waals surface area contributed by atoms with Crippen molar-refractivity contribution in [1.29, 1.82) is 5.26 Å². The molecule has 2 N–H and O–H groups in total. The van der Waals surface area contributed by atoms with E-state index in [1.165, 1.54) is 24.1 Å². The third-order valence-corrected chi connectivity index (χ3v) is 9.44. The summed E-state index contributed by atoms with van der Waals surface area (Å²) in [6, 6.07) is 3.21. The van der Waals surface area contributed by atoms with Crippen molar-refractivity contribution in [3.05, 3.63) is 24.0 Å². The standard InChI is InChI=1S/C30H38FN5O6/c1-15(2)24(34-26(37)16-8-9-41-14-16)28(39)36-13-19-23(30(19,3)4)25(36)29(40)35(5)18(12-32)11-22-27(38)33-20-10-17(31)6-7-21(20)42-22/h6-7,10,15-16,18-19,22-25H,8-9,11,13-14H2,1-5H3,(H,33,38)(H,34,37)/t16-,18?,19+,22+,23+,24?,25+/m1/s1. The zero-order chi connectivity index (χ0) is 30.5. The molecule has 4 amide bonds. The number of hydrogen-bond donors (Lipinski definition) is 2. The molecule has 226 valence electrons. The van der Waals surface area contributed by atoms with E-state index in [1.807, 2.05) is 13.8 Å². The van der Waals surface area contributed by atoms with Gasteiger partial charge in [0, 0.05) is 32.7 Å². The highest BCUT2D eigenvalue weighted by Crippen LogP contribution is 2.65. The highest BCUT2D eigenvalue weighted by Gasteiger charge is 2.70. The summed E-state index contributed by atoms with van der Waals surface area (Å²) in [6.07, 6.45) is -0.595. The molecule has 7 atom stereocenters. The molecule has 0 aromatic heterocycles. The lowest BCUT2D eigenvalue weighted by molar-refractivity contribution is -0.148. The molecule has 2 unspecified atom stereocenters. The van der Waals surface area contributed by atoms with Crippen LogP contribution in [0, 0.1) is 46.2 Å². The molecule has 2 saturated heterocycles. The van der Waals surface area contributed by atoms with Gasteiger partial charge in [-0.1, -0.05) is 27.7 Å². The largest absolute Gasteiger partial charge is 0.478 e. The Morgan fingerprint density at radius 1 is 1.31 bits per heavy atom. The molecule has 12 heteroatoms. The number of rotatable bonds is 8. The summed E-state index contributed by atoms with van der Waals surface area (Å²) in [6.45, 7) is 9.04. The van der Waals surface area contributed by atoms with Crippen LogP contribution in [0.1, 0.15) is 40.5 Å². The Morgan fingerprint density at radius 2 is 2.05 bits per heavy atom. The number of nitriles is 1. The van der Waals surface area contributed by atoms with Crippen LogP contribution in [0.15, 0.2) is 18.2 Å². The van der Waals surface area contributed by atoms with Crippen molar-refractivity contribution in [1.82, 2.24) is 15.1 Å². The van der Waals surface area contributed by atoms with Gasteiger partial charge in [0.25, 0.3) is 5.91 Å². The monoisotopic (exact) mass is 583 g/mol. The lowest BCUT2D eigenvalue weighted by Crippen LogP contribution is -2.58. The van der Waals surface area contributed by atoms with Crippen LogP contribution in [0.5, 0.6) is 5.75 Å². The van der Waals surface area contributed by atoms with E-state index >= 15 is 0 Å². The van der Waals surface area contributed by atoms with Crippen LogP contribution >= 0.6 is 0 Å². The van der Waals surface area contributed by atoms with Gasteiger partial charge in [-0.15, -0.1) is 0 Å². The van der Waals surface area contributed by atoms with Gasteiger partial charge >= 0.3 is 0 Å². The van der Waals surface area contributed by atoms with E-state index < -0.39 is 41.9 Å². The van der Waals surface area contributed by atoms with Crippen LogP contribution in [0.2, 0.25) is 0 Å². The number of amides is 4. The maximum absolute atomic E-state index is 14.1. The van der Waals surface area contributed by atoms with Crippen molar-refractivity contribution in [2.75, 3.05) is 32.1 Å². The first-order valence-electron chi connectivity index (χ1n) is 14.5. The van der Waals surface area contributed by atoms with Crippen molar-refractivity contribution in [2.24, 2.45) is 29.1 Å². The summed E-state index contributed by atoms with van der Waals surface area (Å²) in [5.74, 6) is -2.26. The second-order valence-corrected chi connectivity index (χ2v) is 12.7. The van der Waals surface area contributed by atoms with E-state index in [0.29, 0.717) is 26.2 Å². The van der Waals surface area contributed by atoms with Crippen molar-refractivity contribution in [3.63, 3.8) is 0 Å². The topological polar surface area (TPSA) is 141 Å². The van der Waals surface area contributed by atoms with Crippen LogP contribution in [0.25, 0.3) is 0 Å². The Bertz CT molecular complexity index is 1320. The Balaban J connectivity index is 1.32. The first-order valence-corrected chi connectivity index (χ1v) is 14.5. The molecule has 1 aromatic rings. The molecule has 4 aliphatic rings. The van der Waals surface area contributed by atoms with Gasteiger partial charge < -0.3 is 29.9 Å². The number of fused-ring (bicyclic) bond motifs is 2. The summed E-state index contributed by atoms with van der Waals surface area (Å²) >= 11 is 0. The van der Waals surface area contributed by atoms with Crippen molar-refractivity contribution in [2.45, 2.75) is 64.8 Å². The van der Waals surface area contributed by atoms with E-state index in [2.05, 4.69) is 30.6 Å². The molecule has 0 radical (unpaired) electrons. The average molecular weight is 584 g/mol. The van der Waals surface area contributed by atoms with Gasteiger partial charge in [0.1, 0.15) is 29.7 Å². The average Bonchev–Trinajstić information content (AvgIpc) is 3.40. The zero-order valence-corrected chi connectivity index (χ0v) is 24.6. The van der Waals surface area contributed by atoms with Crippen LogP contribution in [0.4, 0.5) is 10.1 Å². The summed E-state index contributed by atoms with van der Waals surface area (Å²) < 4.78 is 24.7. The SMILES string of the molecule is CC(C)C(NC(=O)[C@@H]1CCOC1)C(=O)N1C[C@H]2[C@@H]([C@H]1C(=O)N(C)C(C#N)C[C@@H]1Oc3ccc(F)cc3NC1=O)C2(C)C. The fourth-order valence-corrected chi connectivity index (χ4v) is 6.64. The normalized spacial score (nSPS) is 28.5. The number of nitrogens with one attached hydrogen (secondary N) is 2. The Morgan fingerprint density at radius 3 is 2.69 bits per heavy atom. The molecule has 3 fully saturated rings. The third kappa shape index (κ3) is 5.30.